The summed E-state index contributed by atoms with van der Waals surface area (Å²) in [4.78, 5) is 27.0. The Morgan fingerprint density at radius 1 is 1.22 bits per heavy atom. The Labute approximate surface area is 155 Å². The number of benzene rings is 1. The molecule has 0 saturated carbocycles. The first-order valence-corrected chi connectivity index (χ1v) is 8.66. The summed E-state index contributed by atoms with van der Waals surface area (Å²) in [5.41, 5.74) is 0.381. The van der Waals surface area contributed by atoms with Gasteiger partial charge in [-0.25, -0.2) is 0 Å². The number of likely N-dealkylation sites (N-methyl/N-ethyl adjacent to an activating group) is 1. The van der Waals surface area contributed by atoms with E-state index in [2.05, 4.69) is 4.74 Å². The number of carbonyl (C=O) groups is 2. The molecular weight excluding hydrogens is 365 g/mol. The van der Waals surface area contributed by atoms with Gasteiger partial charge in [-0.1, -0.05) is 0 Å². The molecule has 0 radical (unpaired) electrons. The number of carbonyl (C=O) groups excluding carboxylic acids is 1. The number of aliphatic carboxylic acids is 1. The molecule has 0 bridgehead atoms. The van der Waals surface area contributed by atoms with Crippen LogP contribution >= 0.6 is 0 Å². The van der Waals surface area contributed by atoms with E-state index in [1.807, 2.05) is 0 Å². The zero-order chi connectivity index (χ0) is 20.0. The van der Waals surface area contributed by atoms with Gasteiger partial charge in [0.05, 0.1) is 6.54 Å². The van der Waals surface area contributed by atoms with Gasteiger partial charge in [0.1, 0.15) is 5.75 Å². The van der Waals surface area contributed by atoms with Gasteiger partial charge in [0.2, 0.25) is 0 Å². The van der Waals surface area contributed by atoms with Crippen LogP contribution in [0.4, 0.5) is 13.2 Å². The molecule has 1 saturated heterocycles. The summed E-state index contributed by atoms with van der Waals surface area (Å²) in [6.45, 7) is -0.363. The van der Waals surface area contributed by atoms with Crippen molar-refractivity contribution in [2.24, 2.45) is 0 Å². The number of likely N-dealkylation sites (tertiary alicyclic amines) is 1. The standard InChI is InChI=1S/C18H23F3N2O4/c1-22(11-16(24)25)14-3-2-9-23(10-8-14)17(26)13-4-6-15(7-5-13)27-12-18(19,20)21/h4-7,14H,2-3,8-12H2,1H3,(H,24,25). The summed E-state index contributed by atoms with van der Waals surface area (Å²) in [5, 5.41) is 8.90. The number of carboxylic acids is 1. The highest BCUT2D eigenvalue weighted by Gasteiger charge is 2.28. The number of nitrogens with zero attached hydrogens (tertiary/aromatic N) is 2. The van der Waals surface area contributed by atoms with Crippen LogP contribution in [0.2, 0.25) is 0 Å². The molecule has 1 fully saturated rings. The average Bonchev–Trinajstić information content (AvgIpc) is 2.85. The lowest BCUT2D eigenvalue weighted by Crippen LogP contribution is -2.37. The number of amides is 1. The normalized spacial score (nSPS) is 18.3. The summed E-state index contributed by atoms with van der Waals surface area (Å²) < 4.78 is 41.1. The topological polar surface area (TPSA) is 70.1 Å². The lowest BCUT2D eigenvalue weighted by molar-refractivity contribution is -0.153. The summed E-state index contributed by atoms with van der Waals surface area (Å²) in [7, 11) is 1.76. The van der Waals surface area contributed by atoms with Gasteiger partial charge in [0.15, 0.2) is 6.61 Å². The second kappa shape index (κ2) is 9.07. The van der Waals surface area contributed by atoms with Crippen LogP contribution in [-0.4, -0.2) is 72.3 Å². The lowest BCUT2D eigenvalue weighted by atomic mass is 10.1. The fourth-order valence-corrected chi connectivity index (χ4v) is 3.11. The molecule has 27 heavy (non-hydrogen) atoms. The van der Waals surface area contributed by atoms with Crippen molar-refractivity contribution in [3.05, 3.63) is 29.8 Å². The van der Waals surface area contributed by atoms with Crippen molar-refractivity contribution in [1.29, 1.82) is 0 Å². The second-order valence-electron chi connectivity index (χ2n) is 6.61. The summed E-state index contributed by atoms with van der Waals surface area (Å²) in [6, 6.07) is 5.69. The molecule has 2 rings (SSSR count). The van der Waals surface area contributed by atoms with E-state index in [1.54, 1.807) is 16.8 Å². The van der Waals surface area contributed by atoms with Crippen molar-refractivity contribution >= 4 is 11.9 Å². The third-order valence-corrected chi connectivity index (χ3v) is 4.50. The van der Waals surface area contributed by atoms with E-state index >= 15 is 0 Å². The molecule has 0 aromatic heterocycles. The van der Waals surface area contributed by atoms with E-state index in [0.717, 1.165) is 12.8 Å². The second-order valence-corrected chi connectivity index (χ2v) is 6.61. The molecule has 1 aromatic rings. The summed E-state index contributed by atoms with van der Waals surface area (Å²) >= 11 is 0. The minimum Gasteiger partial charge on any atom is -0.484 e. The molecule has 1 aliphatic heterocycles. The molecule has 1 heterocycles. The molecule has 1 unspecified atom stereocenters. The maximum atomic E-state index is 12.6. The van der Waals surface area contributed by atoms with Gasteiger partial charge in [-0.3, -0.25) is 14.5 Å². The fourth-order valence-electron chi connectivity index (χ4n) is 3.11. The molecule has 1 aromatic carbocycles. The maximum absolute atomic E-state index is 12.6. The predicted octanol–water partition coefficient (Wildman–Crippen LogP) is 2.64. The van der Waals surface area contributed by atoms with E-state index in [0.29, 0.717) is 25.1 Å². The van der Waals surface area contributed by atoms with Gasteiger partial charge in [-0.2, -0.15) is 13.2 Å². The third kappa shape index (κ3) is 6.74. The van der Waals surface area contributed by atoms with Crippen molar-refractivity contribution in [3.8, 4) is 5.75 Å². The summed E-state index contributed by atoms with van der Waals surface area (Å²) in [6.07, 6.45) is -2.18. The third-order valence-electron chi connectivity index (χ3n) is 4.50. The molecule has 1 N–H and O–H groups in total. The van der Waals surface area contributed by atoms with Crippen LogP contribution in [0, 0.1) is 0 Å². The molecule has 0 spiro atoms. The number of hydrogen-bond donors (Lipinski definition) is 1. The number of halogens is 3. The number of hydrogen-bond acceptors (Lipinski definition) is 4. The molecular formula is C18H23F3N2O4. The smallest absolute Gasteiger partial charge is 0.422 e. The molecule has 0 aliphatic carbocycles. The Morgan fingerprint density at radius 2 is 1.89 bits per heavy atom. The Bertz CT molecular complexity index is 649. The van der Waals surface area contributed by atoms with Crippen molar-refractivity contribution in [1.82, 2.24) is 9.80 Å². The first-order chi connectivity index (χ1) is 12.7. The molecule has 9 heteroatoms. The monoisotopic (exact) mass is 388 g/mol. The van der Waals surface area contributed by atoms with Gasteiger partial charge in [0, 0.05) is 24.7 Å². The maximum Gasteiger partial charge on any atom is 0.422 e. The Balaban J connectivity index is 1.92. The number of ether oxygens (including phenoxy) is 1. The molecule has 1 atom stereocenters. The van der Waals surface area contributed by atoms with Crippen LogP contribution < -0.4 is 4.74 Å². The van der Waals surface area contributed by atoms with Crippen LogP contribution in [-0.2, 0) is 4.79 Å². The van der Waals surface area contributed by atoms with Gasteiger partial charge >= 0.3 is 12.1 Å². The minimum atomic E-state index is -4.41. The van der Waals surface area contributed by atoms with Gasteiger partial charge < -0.3 is 14.7 Å². The molecule has 6 nitrogen and oxygen atoms in total. The fraction of sp³-hybridized carbons (Fsp3) is 0.556. The minimum absolute atomic E-state index is 0.0436. The highest BCUT2D eigenvalue weighted by atomic mass is 19.4. The van der Waals surface area contributed by atoms with E-state index in [1.165, 1.54) is 24.3 Å². The van der Waals surface area contributed by atoms with Crippen molar-refractivity contribution < 1.29 is 32.6 Å². The number of carboxylic acid groups (broad SMARTS) is 1. The zero-order valence-corrected chi connectivity index (χ0v) is 15.0. The number of rotatable bonds is 6. The molecule has 1 amide bonds. The van der Waals surface area contributed by atoms with Crippen LogP contribution in [0.3, 0.4) is 0 Å². The van der Waals surface area contributed by atoms with Crippen molar-refractivity contribution in [3.63, 3.8) is 0 Å². The zero-order valence-electron chi connectivity index (χ0n) is 15.0. The predicted molar refractivity (Wildman–Crippen MR) is 91.8 cm³/mol. The van der Waals surface area contributed by atoms with Crippen LogP contribution in [0.1, 0.15) is 29.6 Å². The van der Waals surface area contributed by atoms with Crippen LogP contribution in [0.25, 0.3) is 0 Å². The van der Waals surface area contributed by atoms with E-state index in [9.17, 15) is 22.8 Å². The molecule has 150 valence electrons. The van der Waals surface area contributed by atoms with Crippen LogP contribution in [0.5, 0.6) is 5.75 Å². The first-order valence-electron chi connectivity index (χ1n) is 8.66. The van der Waals surface area contributed by atoms with Crippen molar-refractivity contribution in [2.45, 2.75) is 31.5 Å². The number of alkyl halides is 3. The first kappa shape index (κ1) is 21.0. The van der Waals surface area contributed by atoms with E-state index in [-0.39, 0.29) is 24.2 Å². The lowest BCUT2D eigenvalue weighted by Gasteiger charge is -2.25. The highest BCUT2D eigenvalue weighted by Crippen LogP contribution is 2.21. The highest BCUT2D eigenvalue weighted by molar-refractivity contribution is 5.94. The SMILES string of the molecule is CN(CC(=O)O)C1CCCN(C(=O)c2ccc(OCC(F)(F)F)cc2)CC1. The Kier molecular flexibility index (Phi) is 7.06. The van der Waals surface area contributed by atoms with E-state index < -0.39 is 18.8 Å². The quantitative estimate of drug-likeness (QED) is 0.811. The summed E-state index contributed by atoms with van der Waals surface area (Å²) in [5.74, 6) is -1.03. The van der Waals surface area contributed by atoms with Gasteiger partial charge in [-0.15, -0.1) is 0 Å². The van der Waals surface area contributed by atoms with Gasteiger partial charge in [-0.05, 0) is 50.6 Å². The largest absolute Gasteiger partial charge is 0.484 e. The average molecular weight is 388 g/mol. The Hall–Kier alpha value is -2.29. The van der Waals surface area contributed by atoms with E-state index in [4.69, 9.17) is 5.11 Å². The van der Waals surface area contributed by atoms with Crippen molar-refractivity contribution in [2.75, 3.05) is 33.3 Å². The molecule has 1 aliphatic rings. The van der Waals surface area contributed by atoms with Crippen LogP contribution in [0.15, 0.2) is 24.3 Å². The Morgan fingerprint density at radius 3 is 2.48 bits per heavy atom. The van der Waals surface area contributed by atoms with Gasteiger partial charge in [0.25, 0.3) is 5.91 Å².